The summed E-state index contributed by atoms with van der Waals surface area (Å²) < 4.78 is 11.9. The minimum Gasteiger partial charge on any atom is -0.465 e. The first-order valence-electron chi connectivity index (χ1n) is 32.5. The lowest BCUT2D eigenvalue weighted by Gasteiger charge is -2.35. The molecule has 2 aliphatic rings. The number of carbonyl (C=O) groups excluding carboxylic acids is 8. The van der Waals surface area contributed by atoms with Crippen molar-refractivity contribution >= 4 is 46.9 Å². The Bertz CT molecular complexity index is 1890. The molecule has 2 amide bonds. The van der Waals surface area contributed by atoms with Gasteiger partial charge in [-0.15, -0.1) is 0 Å². The minimum atomic E-state index is -1.30. The molecule has 0 aromatic heterocycles. The zero-order valence-electron chi connectivity index (χ0n) is 53.3. The van der Waals surface area contributed by atoms with E-state index in [-0.39, 0.29) is 106 Å². The molecule has 4 atom stereocenters. The van der Waals surface area contributed by atoms with Crippen molar-refractivity contribution in [3.63, 3.8) is 0 Å². The fourth-order valence-corrected chi connectivity index (χ4v) is 12.2. The van der Waals surface area contributed by atoms with E-state index in [4.69, 9.17) is 20.9 Å². The van der Waals surface area contributed by atoms with Gasteiger partial charge in [-0.25, -0.2) is 0 Å². The summed E-state index contributed by atoms with van der Waals surface area (Å²) >= 11 is 0. The summed E-state index contributed by atoms with van der Waals surface area (Å²) in [6.07, 6.45) is 17.3. The predicted octanol–water partition coefficient (Wildman–Crippen LogP) is 8.75. The zero-order valence-corrected chi connectivity index (χ0v) is 53.3. The van der Waals surface area contributed by atoms with Crippen LogP contribution in [-0.2, 0) is 47.8 Å². The largest absolute Gasteiger partial charge is 0.465 e. The number of hydrogen-bond acceptors (Lipinski definition) is 15. The van der Waals surface area contributed by atoms with Crippen molar-refractivity contribution in [1.29, 1.82) is 0 Å². The van der Waals surface area contributed by atoms with Gasteiger partial charge in [0.25, 0.3) is 0 Å². The van der Waals surface area contributed by atoms with Crippen molar-refractivity contribution in [2.75, 3.05) is 78.7 Å². The average molecular weight is 1160 g/mol. The first-order valence-corrected chi connectivity index (χ1v) is 32.5. The molecule has 2 rings (SSSR count). The molecule has 0 heterocycles. The fraction of sp³-hybridized carbons (Fsp3) is 0.877. The Labute approximate surface area is 496 Å². The number of ketones is 4. The molecule has 0 spiro atoms. The van der Waals surface area contributed by atoms with Gasteiger partial charge in [0.2, 0.25) is 11.8 Å². The smallest absolute Gasteiger partial charge is 0.309 e. The van der Waals surface area contributed by atoms with Gasteiger partial charge in [0, 0.05) is 106 Å². The number of ether oxygens (including phenoxy) is 2. The topological polar surface area (TPSA) is 267 Å². The zero-order chi connectivity index (χ0) is 61.1. The molecular weight excluding hydrogens is 1040 g/mol. The van der Waals surface area contributed by atoms with Gasteiger partial charge in [0.05, 0.1) is 32.1 Å². The third-order valence-electron chi connectivity index (χ3n) is 17.9. The van der Waals surface area contributed by atoms with Crippen LogP contribution in [0.3, 0.4) is 0 Å². The Kier molecular flexibility index (Phi) is 36.9. The highest BCUT2D eigenvalue weighted by atomic mass is 16.5. The quantitative estimate of drug-likeness (QED) is 0.0222. The molecule has 17 nitrogen and oxygen atoms in total. The lowest BCUT2D eigenvalue weighted by atomic mass is 9.67. The van der Waals surface area contributed by atoms with Gasteiger partial charge in [-0.05, 0) is 88.0 Å². The molecule has 17 heteroatoms. The van der Waals surface area contributed by atoms with Crippen LogP contribution in [0.1, 0.15) is 223 Å². The van der Waals surface area contributed by atoms with Crippen molar-refractivity contribution < 1.29 is 47.8 Å². The summed E-state index contributed by atoms with van der Waals surface area (Å²) in [6, 6.07) is 0. The Morgan fingerprint density at radius 2 is 0.939 bits per heavy atom. The van der Waals surface area contributed by atoms with E-state index in [1.165, 1.54) is 38.5 Å². The van der Waals surface area contributed by atoms with Gasteiger partial charge in [0.1, 0.15) is 23.1 Å². The lowest BCUT2D eigenvalue weighted by molar-refractivity contribution is -0.153. The van der Waals surface area contributed by atoms with E-state index in [1.54, 1.807) is 41.5 Å². The van der Waals surface area contributed by atoms with E-state index < -0.39 is 51.8 Å². The Balaban J connectivity index is 2.44. The van der Waals surface area contributed by atoms with Gasteiger partial charge < -0.3 is 47.5 Å². The third kappa shape index (κ3) is 29.4. The molecular formula is C65H119N7O10. The normalized spacial score (nSPS) is 19.3. The number of carbonyl (C=O) groups is 8. The van der Waals surface area contributed by atoms with E-state index in [2.05, 4.69) is 47.4 Å². The van der Waals surface area contributed by atoms with Crippen LogP contribution in [0, 0.1) is 63.6 Å². The number of esters is 2. The average Bonchev–Trinajstić information content (AvgIpc) is 3.44. The lowest BCUT2D eigenvalue weighted by Crippen LogP contribution is -2.44. The summed E-state index contributed by atoms with van der Waals surface area (Å²) in [7, 11) is 0. The van der Waals surface area contributed by atoms with Crippen molar-refractivity contribution in [3.8, 4) is 0 Å². The van der Waals surface area contributed by atoms with E-state index in [1.807, 2.05) is 6.92 Å². The highest BCUT2D eigenvalue weighted by Gasteiger charge is 2.45. The van der Waals surface area contributed by atoms with Crippen molar-refractivity contribution in [3.05, 3.63) is 0 Å². The monoisotopic (exact) mass is 1160 g/mol. The highest BCUT2D eigenvalue weighted by molar-refractivity contribution is 5.94. The number of rotatable bonds is 47. The van der Waals surface area contributed by atoms with Crippen LogP contribution in [-0.4, -0.2) is 126 Å². The summed E-state index contributed by atoms with van der Waals surface area (Å²) in [4.78, 5) is 114. The molecule has 0 saturated heterocycles. The van der Waals surface area contributed by atoms with Gasteiger partial charge in [-0.1, -0.05) is 140 Å². The second kappa shape index (κ2) is 40.6. The maximum absolute atomic E-state index is 15.4. The van der Waals surface area contributed by atoms with Crippen molar-refractivity contribution in [2.24, 2.45) is 75.1 Å². The third-order valence-corrected chi connectivity index (χ3v) is 17.9. The molecule has 82 heavy (non-hydrogen) atoms. The molecule has 4 unspecified atom stereocenters. The van der Waals surface area contributed by atoms with Crippen LogP contribution in [0.5, 0.6) is 0 Å². The van der Waals surface area contributed by atoms with Crippen LogP contribution in [0.4, 0.5) is 0 Å². The van der Waals surface area contributed by atoms with E-state index in [0.29, 0.717) is 77.2 Å². The van der Waals surface area contributed by atoms with Crippen LogP contribution in [0.2, 0.25) is 0 Å². The molecule has 2 aliphatic carbocycles. The summed E-state index contributed by atoms with van der Waals surface area (Å²) in [5.41, 5.74) is 7.67. The maximum atomic E-state index is 15.4. The molecule has 0 aromatic carbocycles. The minimum absolute atomic E-state index is 0.00532. The van der Waals surface area contributed by atoms with Gasteiger partial charge >= 0.3 is 11.9 Å². The Morgan fingerprint density at radius 3 is 1.44 bits per heavy atom. The summed E-state index contributed by atoms with van der Waals surface area (Å²) in [5.74, 6) is -4.18. The van der Waals surface area contributed by atoms with Crippen LogP contribution in [0.15, 0.2) is 0 Å². The number of unbranched alkanes of at least 4 members (excludes halogenated alkanes) is 3. The molecule has 0 aliphatic heterocycles. The van der Waals surface area contributed by atoms with E-state index in [0.717, 1.165) is 70.1 Å². The molecule has 0 radical (unpaired) electrons. The number of amides is 2. The van der Waals surface area contributed by atoms with Gasteiger partial charge in [0.15, 0.2) is 0 Å². The number of Topliss-reactive ketones (excluding diaryl/α,β-unsaturated/α-hetero) is 4. The van der Waals surface area contributed by atoms with Gasteiger partial charge in [-0.3, -0.25) is 38.4 Å². The second-order valence-electron chi connectivity index (χ2n) is 26.6. The number of nitrogens with two attached hydrogens (primary N) is 2. The Morgan fingerprint density at radius 1 is 0.476 bits per heavy atom. The second-order valence-corrected chi connectivity index (χ2v) is 26.6. The Hall–Kier alpha value is -3.64. The molecule has 9 N–H and O–H groups in total. The fourth-order valence-electron chi connectivity index (χ4n) is 12.2. The standard InChI is InChI=1S/C65H119N7O10/c1-11-15-18-47-20-24-49(25-21-47)45-81-59(77)40-53(42-64(7,8)56(74)37-51(14-4)62(80)82-46-50-26-22-48(23-27-50)19-16-12-2)60(78)65(9,10)43-54(61(79)72-36-34-69-32-29-67)38-57(75)63(5,6)41-52(55(73)44-70-30-17-13-3)39-58(76)71-35-33-68-31-28-66/h47-54,68-70H,11-46,66-67H2,1-10H3,(H,71,76)(H,72,79). The first-order chi connectivity index (χ1) is 39.0. The maximum Gasteiger partial charge on any atom is 0.309 e. The van der Waals surface area contributed by atoms with Crippen molar-refractivity contribution in [2.45, 2.75) is 223 Å². The molecule has 0 bridgehead atoms. The number of hydrogen-bond donors (Lipinski definition) is 7. The van der Waals surface area contributed by atoms with Crippen LogP contribution < -0.4 is 38.1 Å². The van der Waals surface area contributed by atoms with Crippen LogP contribution >= 0.6 is 0 Å². The first kappa shape index (κ1) is 74.5. The number of nitrogens with one attached hydrogen (secondary N) is 5. The van der Waals surface area contributed by atoms with Gasteiger partial charge in [-0.2, -0.15) is 0 Å². The molecule has 2 saturated carbocycles. The summed E-state index contributed by atoms with van der Waals surface area (Å²) in [6.45, 7) is 23.6. The predicted molar refractivity (Wildman–Crippen MR) is 327 cm³/mol. The van der Waals surface area contributed by atoms with E-state index in [9.17, 15) is 33.6 Å². The molecule has 2 fully saturated rings. The van der Waals surface area contributed by atoms with E-state index >= 15 is 4.79 Å². The highest BCUT2D eigenvalue weighted by Crippen LogP contribution is 2.41. The SMILES string of the molecule is CCCCNCC(=O)C(CC(=O)NCCNCCN)CC(C)(C)C(=O)CC(CC(C)(C)C(=O)C(CC(=O)OCC1CCC(CCCC)CC1)CC(C)(C)C(=O)CC(CC)C(=O)OCC1CCC(CCCC)CC1)C(=O)NCCNCCN. The molecule has 474 valence electrons. The molecule has 0 aromatic rings. The van der Waals surface area contributed by atoms with Crippen molar-refractivity contribution in [1.82, 2.24) is 26.6 Å². The van der Waals surface area contributed by atoms with Crippen LogP contribution in [0.25, 0.3) is 0 Å². The summed E-state index contributed by atoms with van der Waals surface area (Å²) in [5, 5.41) is 15.3.